The Morgan fingerprint density at radius 2 is 1.93 bits per heavy atom. The van der Waals surface area contributed by atoms with Crippen LogP contribution in [0, 0.1) is 11.8 Å². The van der Waals surface area contributed by atoms with Gasteiger partial charge in [-0.25, -0.2) is 15.0 Å². The van der Waals surface area contributed by atoms with Crippen molar-refractivity contribution in [3.8, 4) is 5.75 Å². The van der Waals surface area contributed by atoms with E-state index in [1.54, 1.807) is 19.8 Å². The van der Waals surface area contributed by atoms with Crippen LogP contribution in [0.3, 0.4) is 0 Å². The van der Waals surface area contributed by atoms with Crippen molar-refractivity contribution in [3.05, 3.63) is 42.5 Å². The Bertz CT molecular complexity index is 1050. The lowest BCUT2D eigenvalue weighted by Crippen LogP contribution is -2.34. The maximum absolute atomic E-state index is 12.8. The van der Waals surface area contributed by atoms with E-state index in [0.29, 0.717) is 18.3 Å². The Labute approximate surface area is 169 Å². The molecule has 2 unspecified atom stereocenters. The van der Waals surface area contributed by atoms with Gasteiger partial charge in [-0.2, -0.15) is 0 Å². The van der Waals surface area contributed by atoms with Crippen LogP contribution in [0.1, 0.15) is 5.56 Å². The van der Waals surface area contributed by atoms with Gasteiger partial charge in [0.2, 0.25) is 5.91 Å². The second-order valence-electron chi connectivity index (χ2n) is 7.98. The monoisotopic (exact) mass is 392 g/mol. The zero-order chi connectivity index (χ0) is 20.0. The highest BCUT2D eigenvalue weighted by Gasteiger charge is 2.42. The Balaban J connectivity index is 1.25. The molecule has 0 radical (unpaired) electrons. The standard InChI is InChI=1S/C21H24N6O2/c1-25-13-24-19-20(25)22-12-23-21(19)27-10-15-8-26(9-16(15)11-27)18(28)7-14-4-3-5-17(6-14)29-2/h3-6,12-13,15-16H,7-11H2,1-2H3. The van der Waals surface area contributed by atoms with Crippen LogP contribution >= 0.6 is 0 Å². The zero-order valence-electron chi connectivity index (χ0n) is 16.7. The highest BCUT2D eigenvalue weighted by Crippen LogP contribution is 2.35. The number of rotatable bonds is 4. The molecule has 150 valence electrons. The van der Waals surface area contributed by atoms with Crippen LogP contribution in [-0.2, 0) is 18.3 Å². The summed E-state index contributed by atoms with van der Waals surface area (Å²) in [6.07, 6.45) is 3.80. The number of fused-ring (bicyclic) bond motifs is 2. The fourth-order valence-corrected chi connectivity index (χ4v) is 4.60. The average Bonchev–Trinajstić information content (AvgIpc) is 3.41. The second kappa shape index (κ2) is 7.02. The molecule has 1 amide bonds. The number of amides is 1. The first kappa shape index (κ1) is 17.9. The van der Waals surface area contributed by atoms with Crippen LogP contribution in [-0.4, -0.2) is 63.6 Å². The number of hydrogen-bond donors (Lipinski definition) is 0. The quantitative estimate of drug-likeness (QED) is 0.670. The van der Waals surface area contributed by atoms with E-state index < -0.39 is 0 Å². The number of likely N-dealkylation sites (tertiary alicyclic amines) is 1. The average molecular weight is 392 g/mol. The van der Waals surface area contributed by atoms with Gasteiger partial charge in [0.05, 0.1) is 19.9 Å². The summed E-state index contributed by atoms with van der Waals surface area (Å²) in [5, 5.41) is 0. The van der Waals surface area contributed by atoms with Gasteiger partial charge in [0.15, 0.2) is 17.0 Å². The van der Waals surface area contributed by atoms with E-state index in [-0.39, 0.29) is 5.91 Å². The van der Waals surface area contributed by atoms with Crippen molar-refractivity contribution in [2.75, 3.05) is 38.2 Å². The Kier molecular flexibility index (Phi) is 4.34. The summed E-state index contributed by atoms with van der Waals surface area (Å²) in [6.45, 7) is 3.41. The molecule has 3 aromatic rings. The van der Waals surface area contributed by atoms with Crippen molar-refractivity contribution in [2.45, 2.75) is 6.42 Å². The third-order valence-electron chi connectivity index (χ3n) is 6.11. The number of methoxy groups -OCH3 is 1. The summed E-state index contributed by atoms with van der Waals surface area (Å²) >= 11 is 0. The van der Waals surface area contributed by atoms with Gasteiger partial charge in [-0.05, 0) is 17.7 Å². The number of hydrogen-bond acceptors (Lipinski definition) is 6. The van der Waals surface area contributed by atoms with Crippen molar-refractivity contribution in [1.82, 2.24) is 24.4 Å². The van der Waals surface area contributed by atoms with Gasteiger partial charge in [-0.3, -0.25) is 4.79 Å². The molecule has 1 aromatic carbocycles. The zero-order valence-corrected chi connectivity index (χ0v) is 16.7. The molecule has 0 aliphatic carbocycles. The van der Waals surface area contributed by atoms with E-state index in [9.17, 15) is 4.79 Å². The van der Waals surface area contributed by atoms with Crippen molar-refractivity contribution in [1.29, 1.82) is 0 Å². The van der Waals surface area contributed by atoms with Crippen molar-refractivity contribution in [3.63, 3.8) is 0 Å². The van der Waals surface area contributed by atoms with Gasteiger partial charge in [-0.1, -0.05) is 12.1 Å². The van der Waals surface area contributed by atoms with Crippen LogP contribution in [0.2, 0.25) is 0 Å². The molecule has 29 heavy (non-hydrogen) atoms. The summed E-state index contributed by atoms with van der Waals surface area (Å²) in [4.78, 5) is 30.4. The van der Waals surface area contributed by atoms with E-state index in [1.165, 1.54) is 0 Å². The van der Waals surface area contributed by atoms with Crippen LogP contribution in [0.25, 0.3) is 11.2 Å². The van der Waals surface area contributed by atoms with Crippen LogP contribution in [0.15, 0.2) is 36.9 Å². The highest BCUT2D eigenvalue weighted by molar-refractivity contribution is 5.83. The lowest BCUT2D eigenvalue weighted by molar-refractivity contribution is -0.129. The summed E-state index contributed by atoms with van der Waals surface area (Å²) in [7, 11) is 3.58. The summed E-state index contributed by atoms with van der Waals surface area (Å²) in [5.74, 6) is 2.82. The summed E-state index contributed by atoms with van der Waals surface area (Å²) in [5.41, 5.74) is 2.69. The van der Waals surface area contributed by atoms with E-state index in [1.807, 2.05) is 40.8 Å². The normalized spacial score (nSPS) is 21.0. The van der Waals surface area contributed by atoms with E-state index in [0.717, 1.165) is 54.5 Å². The molecule has 8 nitrogen and oxygen atoms in total. The van der Waals surface area contributed by atoms with Gasteiger partial charge >= 0.3 is 0 Å². The lowest BCUT2D eigenvalue weighted by Gasteiger charge is -2.22. The molecule has 2 aliphatic heterocycles. The lowest BCUT2D eigenvalue weighted by atomic mass is 10.0. The van der Waals surface area contributed by atoms with Gasteiger partial charge in [-0.15, -0.1) is 0 Å². The number of benzene rings is 1. The number of aromatic nitrogens is 4. The predicted octanol–water partition coefficient (Wildman–Crippen LogP) is 1.51. The minimum absolute atomic E-state index is 0.188. The molecule has 2 aromatic heterocycles. The van der Waals surface area contributed by atoms with Gasteiger partial charge in [0, 0.05) is 45.1 Å². The van der Waals surface area contributed by atoms with E-state index in [4.69, 9.17) is 4.74 Å². The maximum atomic E-state index is 12.8. The maximum Gasteiger partial charge on any atom is 0.227 e. The Morgan fingerprint density at radius 3 is 2.69 bits per heavy atom. The number of aryl methyl sites for hydroxylation is 1. The van der Waals surface area contributed by atoms with Crippen LogP contribution in [0.5, 0.6) is 5.75 Å². The number of anilines is 1. The molecule has 2 saturated heterocycles. The van der Waals surface area contributed by atoms with Crippen LogP contribution < -0.4 is 9.64 Å². The van der Waals surface area contributed by atoms with Gasteiger partial charge in [0.25, 0.3) is 0 Å². The topological polar surface area (TPSA) is 76.4 Å². The van der Waals surface area contributed by atoms with Gasteiger partial charge in [0.1, 0.15) is 12.1 Å². The smallest absolute Gasteiger partial charge is 0.227 e. The number of carbonyl (C=O) groups excluding carboxylic acids is 1. The SMILES string of the molecule is COc1cccc(CC(=O)N2CC3CN(c4ncnc5c4ncn5C)CC3C2)c1. The molecule has 4 heterocycles. The largest absolute Gasteiger partial charge is 0.497 e. The first-order valence-electron chi connectivity index (χ1n) is 9.90. The second-order valence-corrected chi connectivity index (χ2v) is 7.98. The number of nitrogens with zero attached hydrogens (tertiary/aromatic N) is 6. The molecule has 2 aliphatic rings. The molecule has 2 atom stereocenters. The fraction of sp³-hybridized carbons (Fsp3) is 0.429. The molecule has 2 fully saturated rings. The predicted molar refractivity (Wildman–Crippen MR) is 109 cm³/mol. The minimum Gasteiger partial charge on any atom is -0.497 e. The van der Waals surface area contributed by atoms with Crippen molar-refractivity contribution >= 4 is 22.9 Å². The molecule has 0 bridgehead atoms. The fourth-order valence-electron chi connectivity index (χ4n) is 4.60. The number of carbonyl (C=O) groups is 1. The number of ether oxygens (including phenoxy) is 1. The first-order chi connectivity index (χ1) is 14.1. The highest BCUT2D eigenvalue weighted by atomic mass is 16.5. The Morgan fingerprint density at radius 1 is 1.14 bits per heavy atom. The molecule has 0 N–H and O–H groups in total. The van der Waals surface area contributed by atoms with Crippen LogP contribution in [0.4, 0.5) is 5.82 Å². The molecule has 0 spiro atoms. The molecule has 5 rings (SSSR count). The minimum atomic E-state index is 0.188. The van der Waals surface area contributed by atoms with Gasteiger partial charge < -0.3 is 19.1 Å². The summed E-state index contributed by atoms with van der Waals surface area (Å²) in [6, 6.07) is 7.74. The first-order valence-corrected chi connectivity index (χ1v) is 9.90. The molecular formula is C21H24N6O2. The Hall–Kier alpha value is -3.16. The van der Waals surface area contributed by atoms with E-state index >= 15 is 0 Å². The number of imidazole rings is 1. The molecular weight excluding hydrogens is 368 g/mol. The molecule has 0 saturated carbocycles. The third-order valence-corrected chi connectivity index (χ3v) is 6.11. The summed E-state index contributed by atoms with van der Waals surface area (Å²) < 4.78 is 7.17. The van der Waals surface area contributed by atoms with Crippen molar-refractivity contribution < 1.29 is 9.53 Å². The third kappa shape index (κ3) is 3.18. The molecule has 8 heteroatoms. The van der Waals surface area contributed by atoms with Crippen molar-refractivity contribution in [2.24, 2.45) is 18.9 Å². The van der Waals surface area contributed by atoms with E-state index in [2.05, 4.69) is 19.9 Å².